The molecule has 0 saturated carbocycles. The zero-order valence-corrected chi connectivity index (χ0v) is 13.2. The first-order valence-electron chi connectivity index (χ1n) is 7.78. The first-order chi connectivity index (χ1) is 10.6. The predicted octanol–water partition coefficient (Wildman–Crippen LogP) is 2.68. The number of amides is 1. The summed E-state index contributed by atoms with van der Waals surface area (Å²) in [5, 5.41) is 2.98. The zero-order valence-electron chi connectivity index (χ0n) is 13.2. The second-order valence-corrected chi connectivity index (χ2v) is 5.88. The molecule has 0 atom stereocenters. The van der Waals surface area contributed by atoms with E-state index in [9.17, 15) is 4.79 Å². The van der Waals surface area contributed by atoms with Crippen LogP contribution in [0.2, 0.25) is 0 Å². The molecule has 4 heteroatoms. The predicted molar refractivity (Wildman–Crippen MR) is 85.9 cm³/mol. The van der Waals surface area contributed by atoms with Gasteiger partial charge in [0.25, 0.3) is 5.91 Å². The van der Waals surface area contributed by atoms with Crippen molar-refractivity contribution in [2.75, 3.05) is 19.6 Å². The minimum absolute atomic E-state index is 0.0493. The standard InChI is InChI=1S/C18H22N2O2/c1-13-11-17(14(2)22-13)18(21)19-8-10-20-9-7-15-5-3-4-6-16(15)12-20/h3-6,11H,7-10,12H2,1-2H3,(H,19,21). The number of rotatable bonds is 4. The maximum Gasteiger partial charge on any atom is 0.254 e. The van der Waals surface area contributed by atoms with Gasteiger partial charge in [-0.05, 0) is 37.5 Å². The number of hydrogen-bond acceptors (Lipinski definition) is 3. The summed E-state index contributed by atoms with van der Waals surface area (Å²) in [7, 11) is 0. The topological polar surface area (TPSA) is 45.5 Å². The van der Waals surface area contributed by atoms with Gasteiger partial charge in [0, 0.05) is 26.2 Å². The van der Waals surface area contributed by atoms with Gasteiger partial charge in [0.05, 0.1) is 5.56 Å². The van der Waals surface area contributed by atoms with Crippen molar-refractivity contribution in [3.05, 3.63) is 58.5 Å². The molecule has 1 aromatic heterocycles. The highest BCUT2D eigenvalue weighted by atomic mass is 16.3. The minimum Gasteiger partial charge on any atom is -0.466 e. The van der Waals surface area contributed by atoms with E-state index in [2.05, 4.69) is 34.5 Å². The number of aryl methyl sites for hydroxylation is 2. The van der Waals surface area contributed by atoms with Gasteiger partial charge in [0.2, 0.25) is 0 Å². The molecule has 22 heavy (non-hydrogen) atoms. The molecule has 0 bridgehead atoms. The molecule has 1 aliphatic heterocycles. The van der Waals surface area contributed by atoms with E-state index in [0.717, 1.165) is 31.8 Å². The van der Waals surface area contributed by atoms with Crippen molar-refractivity contribution in [3.8, 4) is 0 Å². The van der Waals surface area contributed by atoms with Crippen LogP contribution >= 0.6 is 0 Å². The molecule has 1 aromatic carbocycles. The Hall–Kier alpha value is -2.07. The summed E-state index contributed by atoms with van der Waals surface area (Å²) in [6, 6.07) is 10.4. The van der Waals surface area contributed by atoms with Gasteiger partial charge < -0.3 is 9.73 Å². The molecule has 0 fully saturated rings. The molecule has 0 saturated heterocycles. The van der Waals surface area contributed by atoms with E-state index in [1.165, 1.54) is 11.1 Å². The highest BCUT2D eigenvalue weighted by molar-refractivity contribution is 5.95. The molecule has 1 N–H and O–H groups in total. The number of carbonyl (C=O) groups is 1. The van der Waals surface area contributed by atoms with Crippen molar-refractivity contribution in [1.82, 2.24) is 10.2 Å². The average Bonchev–Trinajstić information content (AvgIpc) is 2.86. The van der Waals surface area contributed by atoms with E-state index in [1.807, 2.05) is 13.8 Å². The van der Waals surface area contributed by atoms with Crippen LogP contribution in [-0.4, -0.2) is 30.4 Å². The summed E-state index contributed by atoms with van der Waals surface area (Å²) in [5.41, 5.74) is 3.50. The number of hydrogen-bond donors (Lipinski definition) is 1. The Labute approximate surface area is 131 Å². The highest BCUT2D eigenvalue weighted by Gasteiger charge is 2.16. The van der Waals surface area contributed by atoms with Gasteiger partial charge in [0.15, 0.2) is 0 Å². The molecular formula is C18H22N2O2. The van der Waals surface area contributed by atoms with E-state index in [4.69, 9.17) is 4.42 Å². The molecule has 116 valence electrons. The lowest BCUT2D eigenvalue weighted by molar-refractivity contribution is 0.0946. The van der Waals surface area contributed by atoms with Crippen molar-refractivity contribution in [3.63, 3.8) is 0 Å². The van der Waals surface area contributed by atoms with Gasteiger partial charge in [-0.2, -0.15) is 0 Å². The Bertz CT molecular complexity index is 675. The number of carbonyl (C=O) groups excluding carboxylic acids is 1. The van der Waals surface area contributed by atoms with Crippen LogP contribution in [0.1, 0.15) is 33.0 Å². The first-order valence-corrected chi connectivity index (χ1v) is 7.78. The van der Waals surface area contributed by atoms with E-state index in [1.54, 1.807) is 6.07 Å². The molecule has 0 unspecified atom stereocenters. The Morgan fingerprint density at radius 2 is 2.05 bits per heavy atom. The fourth-order valence-corrected chi connectivity index (χ4v) is 3.02. The number of benzene rings is 1. The van der Waals surface area contributed by atoms with Crippen LogP contribution in [0, 0.1) is 13.8 Å². The molecule has 2 aromatic rings. The van der Waals surface area contributed by atoms with Gasteiger partial charge in [0.1, 0.15) is 11.5 Å². The third kappa shape index (κ3) is 3.22. The van der Waals surface area contributed by atoms with Crippen molar-refractivity contribution >= 4 is 5.91 Å². The van der Waals surface area contributed by atoms with Gasteiger partial charge in [-0.1, -0.05) is 24.3 Å². The number of fused-ring (bicyclic) bond motifs is 1. The number of furan rings is 1. The van der Waals surface area contributed by atoms with E-state index >= 15 is 0 Å². The summed E-state index contributed by atoms with van der Waals surface area (Å²) in [6.07, 6.45) is 1.09. The largest absolute Gasteiger partial charge is 0.466 e. The minimum atomic E-state index is -0.0493. The molecule has 1 amide bonds. The first kappa shape index (κ1) is 14.9. The van der Waals surface area contributed by atoms with E-state index < -0.39 is 0 Å². The summed E-state index contributed by atoms with van der Waals surface area (Å²) in [4.78, 5) is 14.5. The Morgan fingerprint density at radius 3 is 2.77 bits per heavy atom. The van der Waals surface area contributed by atoms with Crippen LogP contribution in [0.25, 0.3) is 0 Å². The molecule has 4 nitrogen and oxygen atoms in total. The number of nitrogens with zero attached hydrogens (tertiary/aromatic N) is 1. The second-order valence-electron chi connectivity index (χ2n) is 5.88. The van der Waals surface area contributed by atoms with Gasteiger partial charge >= 0.3 is 0 Å². The average molecular weight is 298 g/mol. The van der Waals surface area contributed by atoms with Crippen LogP contribution < -0.4 is 5.32 Å². The van der Waals surface area contributed by atoms with Crippen molar-refractivity contribution in [2.45, 2.75) is 26.8 Å². The van der Waals surface area contributed by atoms with Crippen molar-refractivity contribution < 1.29 is 9.21 Å². The summed E-state index contributed by atoms with van der Waals surface area (Å²) < 4.78 is 5.40. The summed E-state index contributed by atoms with van der Waals surface area (Å²) in [6.45, 7) is 7.23. The lowest BCUT2D eigenvalue weighted by Gasteiger charge is -2.28. The van der Waals surface area contributed by atoms with Crippen LogP contribution in [0.3, 0.4) is 0 Å². The quantitative estimate of drug-likeness (QED) is 0.944. The Kier molecular flexibility index (Phi) is 4.29. The normalized spacial score (nSPS) is 14.6. The van der Waals surface area contributed by atoms with E-state index in [0.29, 0.717) is 17.9 Å². The van der Waals surface area contributed by atoms with Crippen LogP contribution in [0.5, 0.6) is 0 Å². The molecule has 1 aliphatic rings. The lowest BCUT2D eigenvalue weighted by atomic mass is 10.00. The smallest absolute Gasteiger partial charge is 0.254 e. The van der Waals surface area contributed by atoms with Gasteiger partial charge in [-0.15, -0.1) is 0 Å². The highest BCUT2D eigenvalue weighted by Crippen LogP contribution is 2.18. The molecule has 0 radical (unpaired) electrons. The second kappa shape index (κ2) is 6.36. The monoisotopic (exact) mass is 298 g/mol. The summed E-state index contributed by atoms with van der Waals surface area (Å²) >= 11 is 0. The fraction of sp³-hybridized carbons (Fsp3) is 0.389. The fourth-order valence-electron chi connectivity index (χ4n) is 3.02. The van der Waals surface area contributed by atoms with Gasteiger partial charge in [-0.3, -0.25) is 9.69 Å². The maximum absolute atomic E-state index is 12.1. The molecule has 3 rings (SSSR count). The van der Waals surface area contributed by atoms with Crippen molar-refractivity contribution in [2.24, 2.45) is 0 Å². The molecular weight excluding hydrogens is 276 g/mol. The third-order valence-corrected chi connectivity index (χ3v) is 4.21. The lowest BCUT2D eigenvalue weighted by Crippen LogP contribution is -2.37. The SMILES string of the molecule is Cc1cc(C(=O)NCCN2CCc3ccccc3C2)c(C)o1. The maximum atomic E-state index is 12.1. The summed E-state index contributed by atoms with van der Waals surface area (Å²) in [5.74, 6) is 1.41. The van der Waals surface area contributed by atoms with E-state index in [-0.39, 0.29) is 5.91 Å². The van der Waals surface area contributed by atoms with Crippen LogP contribution in [0.15, 0.2) is 34.7 Å². The van der Waals surface area contributed by atoms with Crippen molar-refractivity contribution in [1.29, 1.82) is 0 Å². The third-order valence-electron chi connectivity index (χ3n) is 4.21. The van der Waals surface area contributed by atoms with Crippen LogP contribution in [-0.2, 0) is 13.0 Å². The zero-order chi connectivity index (χ0) is 15.5. The van der Waals surface area contributed by atoms with Gasteiger partial charge in [-0.25, -0.2) is 0 Å². The molecule has 0 spiro atoms. The molecule has 2 heterocycles. The molecule has 0 aliphatic carbocycles. The number of nitrogens with one attached hydrogen (secondary N) is 1. The van der Waals surface area contributed by atoms with Crippen LogP contribution in [0.4, 0.5) is 0 Å². The Balaban J connectivity index is 1.50. The Morgan fingerprint density at radius 1 is 1.27 bits per heavy atom.